The monoisotopic (exact) mass is 382 g/mol. The van der Waals surface area contributed by atoms with Gasteiger partial charge >= 0.3 is 0 Å². The molecule has 6 heteroatoms. The SMILES string of the molecule is CCCOc1cc(C)ccc1CNC(=NC)NCCNC(=O)c1ccccc1. The zero-order chi connectivity index (χ0) is 20.2. The Hall–Kier alpha value is -3.02. The molecule has 0 unspecified atom stereocenters. The maximum absolute atomic E-state index is 12.0. The molecule has 150 valence electrons. The van der Waals surface area contributed by atoms with Crippen molar-refractivity contribution in [3.05, 3.63) is 65.2 Å². The van der Waals surface area contributed by atoms with Crippen LogP contribution in [-0.4, -0.2) is 38.6 Å². The van der Waals surface area contributed by atoms with Crippen LogP contribution in [0.5, 0.6) is 5.75 Å². The Labute approximate surface area is 167 Å². The molecular formula is C22H30N4O2. The molecule has 1 amide bonds. The topological polar surface area (TPSA) is 74.8 Å². The zero-order valence-corrected chi connectivity index (χ0v) is 16.9. The van der Waals surface area contributed by atoms with Gasteiger partial charge in [-0.05, 0) is 37.1 Å². The Morgan fingerprint density at radius 1 is 1.04 bits per heavy atom. The van der Waals surface area contributed by atoms with Gasteiger partial charge < -0.3 is 20.7 Å². The van der Waals surface area contributed by atoms with Crippen LogP contribution in [0.15, 0.2) is 53.5 Å². The summed E-state index contributed by atoms with van der Waals surface area (Å²) in [5, 5.41) is 9.38. The van der Waals surface area contributed by atoms with Crippen molar-refractivity contribution >= 4 is 11.9 Å². The van der Waals surface area contributed by atoms with E-state index in [-0.39, 0.29) is 5.91 Å². The number of nitrogens with one attached hydrogen (secondary N) is 3. The fourth-order valence-corrected chi connectivity index (χ4v) is 2.60. The van der Waals surface area contributed by atoms with Crippen LogP contribution in [0.3, 0.4) is 0 Å². The van der Waals surface area contributed by atoms with Crippen molar-refractivity contribution in [1.82, 2.24) is 16.0 Å². The molecule has 6 nitrogen and oxygen atoms in total. The molecule has 2 aromatic rings. The first-order valence-corrected chi connectivity index (χ1v) is 9.64. The summed E-state index contributed by atoms with van der Waals surface area (Å²) < 4.78 is 5.85. The minimum Gasteiger partial charge on any atom is -0.493 e. The number of rotatable bonds is 9. The van der Waals surface area contributed by atoms with Crippen molar-refractivity contribution in [2.24, 2.45) is 4.99 Å². The van der Waals surface area contributed by atoms with Gasteiger partial charge in [0.2, 0.25) is 0 Å². The van der Waals surface area contributed by atoms with Crippen LogP contribution < -0.4 is 20.7 Å². The van der Waals surface area contributed by atoms with Crippen LogP contribution >= 0.6 is 0 Å². The van der Waals surface area contributed by atoms with Gasteiger partial charge in [-0.2, -0.15) is 0 Å². The van der Waals surface area contributed by atoms with Crippen molar-refractivity contribution in [1.29, 1.82) is 0 Å². The number of hydrogen-bond acceptors (Lipinski definition) is 3. The highest BCUT2D eigenvalue weighted by atomic mass is 16.5. The first-order chi connectivity index (χ1) is 13.6. The molecule has 0 aliphatic carbocycles. The lowest BCUT2D eigenvalue weighted by molar-refractivity contribution is 0.0954. The number of aryl methyl sites for hydroxylation is 1. The van der Waals surface area contributed by atoms with Crippen LogP contribution in [0.4, 0.5) is 0 Å². The lowest BCUT2D eigenvalue weighted by Gasteiger charge is -2.15. The predicted octanol–water partition coefficient (Wildman–Crippen LogP) is 2.88. The lowest BCUT2D eigenvalue weighted by Crippen LogP contribution is -2.41. The van der Waals surface area contributed by atoms with Gasteiger partial charge in [-0.1, -0.05) is 37.3 Å². The summed E-state index contributed by atoms with van der Waals surface area (Å²) >= 11 is 0. The highest BCUT2D eigenvalue weighted by Gasteiger charge is 2.06. The Kier molecular flexibility index (Phi) is 8.85. The van der Waals surface area contributed by atoms with E-state index in [2.05, 4.69) is 53.0 Å². The summed E-state index contributed by atoms with van der Waals surface area (Å²) in [6, 6.07) is 15.4. The molecule has 0 saturated carbocycles. The van der Waals surface area contributed by atoms with Gasteiger partial charge in [-0.3, -0.25) is 9.79 Å². The summed E-state index contributed by atoms with van der Waals surface area (Å²) in [5.74, 6) is 1.50. The Balaban J connectivity index is 1.78. The quantitative estimate of drug-likeness (QED) is 0.354. The van der Waals surface area contributed by atoms with Crippen molar-refractivity contribution < 1.29 is 9.53 Å². The van der Waals surface area contributed by atoms with Gasteiger partial charge in [0.1, 0.15) is 5.75 Å². The average molecular weight is 383 g/mol. The molecular weight excluding hydrogens is 352 g/mol. The Bertz CT molecular complexity index is 775. The largest absolute Gasteiger partial charge is 0.493 e. The van der Waals surface area contributed by atoms with Crippen LogP contribution in [0.25, 0.3) is 0 Å². The molecule has 2 aromatic carbocycles. The molecule has 28 heavy (non-hydrogen) atoms. The maximum Gasteiger partial charge on any atom is 0.251 e. The molecule has 0 spiro atoms. The van der Waals surface area contributed by atoms with Gasteiger partial charge in [0.25, 0.3) is 5.91 Å². The Morgan fingerprint density at radius 3 is 2.50 bits per heavy atom. The van der Waals surface area contributed by atoms with E-state index in [0.29, 0.717) is 37.8 Å². The van der Waals surface area contributed by atoms with E-state index in [1.54, 1.807) is 19.2 Å². The number of ether oxygens (including phenoxy) is 1. The van der Waals surface area contributed by atoms with E-state index in [0.717, 1.165) is 17.7 Å². The van der Waals surface area contributed by atoms with Gasteiger partial charge in [0, 0.05) is 37.8 Å². The highest BCUT2D eigenvalue weighted by molar-refractivity contribution is 5.94. The lowest BCUT2D eigenvalue weighted by atomic mass is 10.1. The average Bonchev–Trinajstić information content (AvgIpc) is 2.73. The Morgan fingerprint density at radius 2 is 1.79 bits per heavy atom. The number of hydrogen-bond donors (Lipinski definition) is 3. The molecule has 0 bridgehead atoms. The zero-order valence-electron chi connectivity index (χ0n) is 16.9. The smallest absolute Gasteiger partial charge is 0.251 e. The summed E-state index contributed by atoms with van der Waals surface area (Å²) in [4.78, 5) is 16.3. The molecule has 0 radical (unpaired) electrons. The van der Waals surface area contributed by atoms with Crippen LogP contribution in [0, 0.1) is 6.92 Å². The number of carbonyl (C=O) groups excluding carboxylic acids is 1. The van der Waals surface area contributed by atoms with E-state index < -0.39 is 0 Å². The molecule has 0 aliphatic heterocycles. The fourth-order valence-electron chi connectivity index (χ4n) is 2.60. The molecule has 0 atom stereocenters. The van der Waals surface area contributed by atoms with E-state index >= 15 is 0 Å². The van der Waals surface area contributed by atoms with Gasteiger partial charge in [-0.25, -0.2) is 0 Å². The second-order valence-electron chi connectivity index (χ2n) is 6.43. The molecule has 0 aliphatic rings. The van der Waals surface area contributed by atoms with Crippen LogP contribution in [0.2, 0.25) is 0 Å². The van der Waals surface area contributed by atoms with E-state index in [4.69, 9.17) is 4.74 Å². The molecule has 0 saturated heterocycles. The molecule has 0 heterocycles. The van der Waals surface area contributed by atoms with E-state index in [9.17, 15) is 4.79 Å². The highest BCUT2D eigenvalue weighted by Crippen LogP contribution is 2.20. The van der Waals surface area contributed by atoms with E-state index in [1.165, 1.54) is 5.56 Å². The second-order valence-corrected chi connectivity index (χ2v) is 6.43. The van der Waals surface area contributed by atoms with Crippen molar-refractivity contribution in [2.75, 3.05) is 26.7 Å². The minimum absolute atomic E-state index is 0.0808. The summed E-state index contributed by atoms with van der Waals surface area (Å²) in [7, 11) is 1.72. The van der Waals surface area contributed by atoms with Crippen molar-refractivity contribution in [3.8, 4) is 5.75 Å². The third-order valence-electron chi connectivity index (χ3n) is 4.09. The standard InChI is InChI=1S/C22H30N4O2/c1-4-14-28-20-15-17(2)10-11-19(20)16-26-22(23-3)25-13-12-24-21(27)18-8-6-5-7-9-18/h5-11,15H,4,12-14,16H2,1-3H3,(H,24,27)(H2,23,25,26). The molecule has 0 fully saturated rings. The predicted molar refractivity (Wildman–Crippen MR) is 114 cm³/mol. The minimum atomic E-state index is -0.0808. The first-order valence-electron chi connectivity index (χ1n) is 9.64. The fraction of sp³-hybridized carbons (Fsp3) is 0.364. The second kappa shape index (κ2) is 11.6. The van der Waals surface area contributed by atoms with E-state index in [1.807, 2.05) is 18.2 Å². The summed E-state index contributed by atoms with van der Waals surface area (Å²) in [5.41, 5.74) is 2.91. The molecule has 3 N–H and O–H groups in total. The number of carbonyl (C=O) groups is 1. The number of benzene rings is 2. The molecule has 2 rings (SSSR count). The number of nitrogens with zero attached hydrogens (tertiary/aromatic N) is 1. The van der Waals surface area contributed by atoms with Gasteiger partial charge in [-0.15, -0.1) is 0 Å². The normalized spacial score (nSPS) is 11.0. The van der Waals surface area contributed by atoms with Crippen molar-refractivity contribution in [3.63, 3.8) is 0 Å². The third kappa shape index (κ3) is 6.95. The van der Waals surface area contributed by atoms with Crippen molar-refractivity contribution in [2.45, 2.75) is 26.8 Å². The summed E-state index contributed by atoms with van der Waals surface area (Å²) in [6.07, 6.45) is 0.971. The maximum atomic E-state index is 12.0. The van der Waals surface area contributed by atoms with Crippen LogP contribution in [0.1, 0.15) is 34.8 Å². The van der Waals surface area contributed by atoms with Crippen LogP contribution in [-0.2, 0) is 6.54 Å². The van der Waals surface area contributed by atoms with Gasteiger partial charge in [0.15, 0.2) is 5.96 Å². The molecule has 0 aromatic heterocycles. The summed E-state index contributed by atoms with van der Waals surface area (Å²) in [6.45, 7) is 6.53. The number of aliphatic imine (C=N–C) groups is 1. The number of guanidine groups is 1. The van der Waals surface area contributed by atoms with Gasteiger partial charge in [0.05, 0.1) is 6.61 Å². The third-order valence-corrected chi connectivity index (χ3v) is 4.09. The number of amides is 1. The first kappa shape index (κ1) is 21.3.